The van der Waals surface area contributed by atoms with E-state index in [2.05, 4.69) is 10.3 Å². The summed E-state index contributed by atoms with van der Waals surface area (Å²) in [4.78, 5) is 36.2. The fourth-order valence-electron chi connectivity index (χ4n) is 1.62. The Bertz CT molecular complexity index is 711. The van der Waals surface area contributed by atoms with Crippen molar-refractivity contribution < 1.29 is 19.6 Å². The number of nitrogens with zero attached hydrogens (tertiary/aromatic N) is 2. The van der Waals surface area contributed by atoms with Crippen molar-refractivity contribution in [3.8, 4) is 11.3 Å². The standard InChI is InChI=1S/C13H11N3O5S/c17-11(5-6-12(18)19)15-13-14-10(7-22-13)8-1-3-9(4-2-8)16(20)21/h1-4,7H,5-6H2,(H,18,19)(H,14,15,17). The first-order valence-electron chi connectivity index (χ1n) is 6.17. The number of nitro benzene ring substituents is 1. The molecule has 0 aliphatic heterocycles. The first-order valence-corrected chi connectivity index (χ1v) is 7.05. The number of benzene rings is 1. The molecule has 1 aromatic carbocycles. The highest BCUT2D eigenvalue weighted by atomic mass is 32.1. The number of non-ortho nitro benzene ring substituents is 1. The van der Waals surface area contributed by atoms with Crippen molar-refractivity contribution in [1.29, 1.82) is 0 Å². The van der Waals surface area contributed by atoms with Gasteiger partial charge in [0, 0.05) is 29.5 Å². The van der Waals surface area contributed by atoms with E-state index in [-0.39, 0.29) is 18.5 Å². The molecule has 0 saturated heterocycles. The summed E-state index contributed by atoms with van der Waals surface area (Å²) in [7, 11) is 0. The van der Waals surface area contributed by atoms with Crippen LogP contribution in [0.5, 0.6) is 0 Å². The number of carbonyl (C=O) groups is 2. The van der Waals surface area contributed by atoms with Gasteiger partial charge in [0.1, 0.15) is 0 Å². The Hall–Kier alpha value is -2.81. The average Bonchev–Trinajstić information content (AvgIpc) is 2.93. The zero-order valence-electron chi connectivity index (χ0n) is 11.2. The number of thiazole rings is 1. The molecule has 0 unspecified atom stereocenters. The van der Waals surface area contributed by atoms with E-state index in [4.69, 9.17) is 5.11 Å². The van der Waals surface area contributed by atoms with Crippen LogP contribution in [0.3, 0.4) is 0 Å². The summed E-state index contributed by atoms with van der Waals surface area (Å²) in [6.07, 6.45) is -0.367. The van der Waals surface area contributed by atoms with E-state index in [0.29, 0.717) is 16.4 Å². The van der Waals surface area contributed by atoms with E-state index in [1.807, 2.05) is 0 Å². The molecule has 1 amide bonds. The van der Waals surface area contributed by atoms with Gasteiger partial charge in [0.25, 0.3) is 5.69 Å². The molecule has 1 heterocycles. The fraction of sp³-hybridized carbons (Fsp3) is 0.154. The zero-order chi connectivity index (χ0) is 16.1. The second-order valence-electron chi connectivity index (χ2n) is 4.28. The molecule has 114 valence electrons. The van der Waals surface area contributed by atoms with Crippen LogP contribution in [0.15, 0.2) is 29.6 Å². The van der Waals surface area contributed by atoms with Crippen molar-refractivity contribution >= 4 is 34.0 Å². The topological polar surface area (TPSA) is 122 Å². The van der Waals surface area contributed by atoms with E-state index >= 15 is 0 Å². The predicted molar refractivity (Wildman–Crippen MR) is 79.7 cm³/mol. The highest BCUT2D eigenvalue weighted by Gasteiger charge is 2.11. The summed E-state index contributed by atoms with van der Waals surface area (Å²) in [6.45, 7) is 0. The van der Waals surface area contributed by atoms with Gasteiger partial charge in [-0.1, -0.05) is 0 Å². The van der Waals surface area contributed by atoms with Crippen LogP contribution in [-0.2, 0) is 9.59 Å². The summed E-state index contributed by atoms with van der Waals surface area (Å²) in [5.41, 5.74) is 1.25. The first-order chi connectivity index (χ1) is 10.5. The second kappa shape index (κ2) is 6.76. The Kier molecular flexibility index (Phi) is 4.79. The van der Waals surface area contributed by atoms with Crippen LogP contribution in [0.25, 0.3) is 11.3 Å². The number of carbonyl (C=O) groups excluding carboxylic acids is 1. The van der Waals surface area contributed by atoms with E-state index in [1.165, 1.54) is 23.5 Å². The lowest BCUT2D eigenvalue weighted by Gasteiger charge is -1.99. The molecule has 0 radical (unpaired) electrons. The van der Waals surface area contributed by atoms with Gasteiger partial charge < -0.3 is 10.4 Å². The highest BCUT2D eigenvalue weighted by molar-refractivity contribution is 7.14. The minimum absolute atomic E-state index is 0.0128. The number of hydrogen-bond donors (Lipinski definition) is 2. The molecule has 0 aliphatic carbocycles. The van der Waals surface area contributed by atoms with E-state index in [1.54, 1.807) is 17.5 Å². The molecule has 9 heteroatoms. The van der Waals surface area contributed by atoms with Crippen LogP contribution in [0, 0.1) is 10.1 Å². The second-order valence-corrected chi connectivity index (χ2v) is 5.14. The first kappa shape index (κ1) is 15.6. The smallest absolute Gasteiger partial charge is 0.303 e. The van der Waals surface area contributed by atoms with Crippen molar-refractivity contribution in [3.05, 3.63) is 39.8 Å². The van der Waals surface area contributed by atoms with Gasteiger partial charge in [-0.3, -0.25) is 19.7 Å². The molecule has 0 spiro atoms. The summed E-state index contributed by atoms with van der Waals surface area (Å²) < 4.78 is 0. The lowest BCUT2D eigenvalue weighted by atomic mass is 10.1. The Morgan fingerprint density at radius 3 is 2.55 bits per heavy atom. The molecule has 1 aromatic heterocycles. The third-order valence-corrected chi connectivity index (χ3v) is 3.45. The maximum atomic E-state index is 11.5. The number of aromatic nitrogens is 1. The highest BCUT2D eigenvalue weighted by Crippen LogP contribution is 2.26. The number of nitrogens with one attached hydrogen (secondary N) is 1. The monoisotopic (exact) mass is 321 g/mol. The van der Waals surface area contributed by atoms with Crippen molar-refractivity contribution in [2.45, 2.75) is 12.8 Å². The van der Waals surface area contributed by atoms with Gasteiger partial charge in [-0.15, -0.1) is 11.3 Å². The van der Waals surface area contributed by atoms with Crippen molar-refractivity contribution in [3.63, 3.8) is 0 Å². The Balaban J connectivity index is 2.03. The van der Waals surface area contributed by atoms with Gasteiger partial charge in [0.05, 0.1) is 17.0 Å². The quantitative estimate of drug-likeness (QED) is 0.622. The van der Waals surface area contributed by atoms with E-state index in [0.717, 1.165) is 0 Å². The summed E-state index contributed by atoms with van der Waals surface area (Å²) in [5, 5.41) is 23.7. The third kappa shape index (κ3) is 4.09. The van der Waals surface area contributed by atoms with Gasteiger partial charge >= 0.3 is 5.97 Å². The number of rotatable bonds is 6. The maximum absolute atomic E-state index is 11.5. The van der Waals surface area contributed by atoms with Crippen LogP contribution >= 0.6 is 11.3 Å². The van der Waals surface area contributed by atoms with Gasteiger partial charge in [0.15, 0.2) is 5.13 Å². The molecular formula is C13H11N3O5S. The van der Waals surface area contributed by atoms with Crippen molar-refractivity contribution in [2.75, 3.05) is 5.32 Å². The molecule has 0 bridgehead atoms. The molecule has 0 atom stereocenters. The summed E-state index contributed by atoms with van der Waals surface area (Å²) >= 11 is 1.19. The Labute approximate surface area is 128 Å². The average molecular weight is 321 g/mol. The van der Waals surface area contributed by atoms with E-state index in [9.17, 15) is 19.7 Å². The number of anilines is 1. The number of nitro groups is 1. The Morgan fingerprint density at radius 1 is 1.27 bits per heavy atom. The van der Waals surface area contributed by atoms with Crippen LogP contribution in [-0.4, -0.2) is 26.9 Å². The molecule has 22 heavy (non-hydrogen) atoms. The molecule has 0 saturated carbocycles. The van der Waals surface area contributed by atoms with Gasteiger partial charge in [0.2, 0.25) is 5.91 Å². The molecule has 2 N–H and O–H groups in total. The van der Waals surface area contributed by atoms with Gasteiger partial charge in [-0.05, 0) is 12.1 Å². The normalized spacial score (nSPS) is 10.2. The molecule has 0 aliphatic rings. The number of carboxylic acids is 1. The number of carboxylic acid groups (broad SMARTS) is 1. The van der Waals surface area contributed by atoms with E-state index < -0.39 is 16.8 Å². The number of hydrogen-bond acceptors (Lipinski definition) is 6. The largest absolute Gasteiger partial charge is 0.481 e. The summed E-state index contributed by atoms with van der Waals surface area (Å²) in [5.74, 6) is -1.46. The molecule has 0 fully saturated rings. The van der Waals surface area contributed by atoms with Crippen molar-refractivity contribution in [2.24, 2.45) is 0 Å². The van der Waals surface area contributed by atoms with Gasteiger partial charge in [-0.2, -0.15) is 0 Å². The lowest BCUT2D eigenvalue weighted by Crippen LogP contribution is -2.12. The van der Waals surface area contributed by atoms with Gasteiger partial charge in [-0.25, -0.2) is 4.98 Å². The van der Waals surface area contributed by atoms with Crippen LogP contribution in [0.4, 0.5) is 10.8 Å². The molecule has 2 rings (SSSR count). The van der Waals surface area contributed by atoms with Crippen molar-refractivity contribution in [1.82, 2.24) is 4.98 Å². The summed E-state index contributed by atoms with van der Waals surface area (Å²) in [6, 6.07) is 5.89. The predicted octanol–water partition coefficient (Wildman–Crippen LogP) is 2.52. The van der Waals surface area contributed by atoms with Crippen LogP contribution in [0.2, 0.25) is 0 Å². The minimum atomic E-state index is -1.04. The zero-order valence-corrected chi connectivity index (χ0v) is 12.0. The lowest BCUT2D eigenvalue weighted by molar-refractivity contribution is -0.384. The van der Waals surface area contributed by atoms with Crippen LogP contribution in [0.1, 0.15) is 12.8 Å². The third-order valence-electron chi connectivity index (χ3n) is 2.69. The SMILES string of the molecule is O=C(O)CCC(=O)Nc1nc(-c2ccc([N+](=O)[O-])cc2)cs1. The molecule has 2 aromatic rings. The molecular weight excluding hydrogens is 310 g/mol. The fourth-order valence-corrected chi connectivity index (χ4v) is 2.36. The minimum Gasteiger partial charge on any atom is -0.481 e. The Morgan fingerprint density at radius 2 is 1.95 bits per heavy atom. The molecule has 8 nitrogen and oxygen atoms in total. The number of aliphatic carboxylic acids is 1. The van der Waals surface area contributed by atoms with Crippen LogP contribution < -0.4 is 5.32 Å². The maximum Gasteiger partial charge on any atom is 0.303 e. The number of amides is 1.